The van der Waals surface area contributed by atoms with Gasteiger partial charge in [0, 0.05) is 11.0 Å². The van der Waals surface area contributed by atoms with Gasteiger partial charge in [0.15, 0.2) is 3.66 Å². The van der Waals surface area contributed by atoms with Crippen LogP contribution < -0.4 is 0 Å². The summed E-state index contributed by atoms with van der Waals surface area (Å²) < 4.78 is 0.242. The molecule has 4 heteroatoms. The van der Waals surface area contributed by atoms with Crippen molar-refractivity contribution in [2.45, 2.75) is 0 Å². The fraction of sp³-hybridized carbons (Fsp3) is 0. The lowest BCUT2D eigenvalue weighted by molar-refractivity contribution is 4.00. The van der Waals surface area contributed by atoms with Crippen molar-refractivity contribution < 1.29 is 0 Å². The zero-order chi connectivity index (χ0) is 4.28. The Labute approximate surface area is 49.3 Å². The van der Waals surface area contributed by atoms with Crippen molar-refractivity contribution in [2.24, 2.45) is 0 Å². The molecule has 0 spiro atoms. The zero-order valence-corrected chi connectivity index (χ0v) is 5.22. The molecule has 0 fully saturated rings. The Morgan fingerprint density at radius 2 is 2.00 bits per heavy atom. The fourth-order valence-electron chi connectivity index (χ4n) is 0. The summed E-state index contributed by atoms with van der Waals surface area (Å²) >= 11 is 9.32. The first-order chi connectivity index (χ1) is 2.27. The molecule has 0 radical (unpaired) electrons. The van der Waals surface area contributed by atoms with E-state index in [0.717, 1.165) is 11.0 Å². The highest BCUT2D eigenvalue weighted by Gasteiger charge is 1.78. The number of halogens is 2. The molecule has 0 atom stereocenters. The van der Waals surface area contributed by atoms with E-state index in [9.17, 15) is 0 Å². The van der Waals surface area contributed by atoms with Gasteiger partial charge in [-0.1, -0.05) is 23.8 Å². The van der Waals surface area contributed by atoms with E-state index in [4.69, 9.17) is 22.3 Å². The second-order valence-corrected chi connectivity index (χ2v) is 2.83. The molecule has 0 aliphatic rings. The highest BCUT2D eigenvalue weighted by atomic mass is 35.7. The molecular weight excluding hydrogens is 147 g/mol. The van der Waals surface area contributed by atoms with E-state index in [0.29, 0.717) is 0 Å². The summed E-state index contributed by atoms with van der Waals surface area (Å²) in [5.74, 6) is 0. The number of thiocarbonyl (C=S) groups is 1. The minimum atomic E-state index is 0.242. The van der Waals surface area contributed by atoms with Gasteiger partial charge < -0.3 is 0 Å². The molecule has 0 bridgehead atoms. The minimum absolute atomic E-state index is 0.242. The van der Waals surface area contributed by atoms with Crippen molar-refractivity contribution in [1.82, 2.24) is 0 Å². The van der Waals surface area contributed by atoms with Gasteiger partial charge in [0.05, 0.1) is 0 Å². The minimum Gasteiger partial charge on any atom is -0.0626 e. The van der Waals surface area contributed by atoms with Crippen molar-refractivity contribution in [3.63, 3.8) is 0 Å². The van der Waals surface area contributed by atoms with Crippen LogP contribution in [-0.2, 0) is 0 Å². The van der Waals surface area contributed by atoms with E-state index in [1.165, 1.54) is 0 Å². The fourth-order valence-corrected chi connectivity index (χ4v) is 0. The van der Waals surface area contributed by atoms with Crippen LogP contribution in [0.3, 0.4) is 0 Å². The van der Waals surface area contributed by atoms with Crippen molar-refractivity contribution in [2.75, 3.05) is 0 Å². The number of hydrogen-bond donors (Lipinski definition) is 0. The molecule has 0 N–H and O–H groups in total. The van der Waals surface area contributed by atoms with Gasteiger partial charge in [-0.05, 0) is 10.7 Å². The Morgan fingerprint density at radius 3 is 2.00 bits per heavy atom. The summed E-state index contributed by atoms with van der Waals surface area (Å²) in [5, 5.41) is 0. The second kappa shape index (κ2) is 3.22. The van der Waals surface area contributed by atoms with Crippen molar-refractivity contribution in [1.29, 1.82) is 0 Å². The molecule has 0 aliphatic carbocycles. The van der Waals surface area contributed by atoms with Gasteiger partial charge in [-0.15, -0.1) is 0 Å². The molecular formula is CCl2S2. The van der Waals surface area contributed by atoms with E-state index in [1.807, 2.05) is 0 Å². The van der Waals surface area contributed by atoms with Gasteiger partial charge in [0.25, 0.3) is 0 Å². The molecule has 0 aromatic heterocycles. The van der Waals surface area contributed by atoms with Crippen LogP contribution in [0.2, 0.25) is 0 Å². The van der Waals surface area contributed by atoms with Crippen molar-refractivity contribution in [3.05, 3.63) is 0 Å². The molecule has 0 rings (SSSR count). The van der Waals surface area contributed by atoms with Crippen molar-refractivity contribution >= 4 is 49.1 Å². The third kappa shape index (κ3) is 5.02. The summed E-state index contributed by atoms with van der Waals surface area (Å²) in [4.78, 5) is 0. The molecule has 0 saturated heterocycles. The van der Waals surface area contributed by atoms with E-state index in [2.05, 4.69) is 12.2 Å². The zero-order valence-electron chi connectivity index (χ0n) is 2.07. The molecule has 0 saturated carbocycles. The Morgan fingerprint density at radius 1 is 1.80 bits per heavy atom. The third-order valence-electron chi connectivity index (χ3n) is 0.0607. The summed E-state index contributed by atoms with van der Waals surface area (Å²) in [7, 11) is 5.83. The van der Waals surface area contributed by atoms with E-state index >= 15 is 0 Å². The monoisotopic (exact) mass is 146 g/mol. The predicted octanol–water partition coefficient (Wildman–Crippen LogP) is 2.40. The van der Waals surface area contributed by atoms with Gasteiger partial charge in [0.1, 0.15) is 0 Å². The average molecular weight is 147 g/mol. The lowest BCUT2D eigenvalue weighted by atomic mass is 11.9. The summed E-state index contributed by atoms with van der Waals surface area (Å²) in [6, 6.07) is 0. The highest BCUT2D eigenvalue weighted by molar-refractivity contribution is 8.40. The molecule has 0 aromatic rings. The van der Waals surface area contributed by atoms with Crippen LogP contribution >= 0.6 is 45.5 Å². The van der Waals surface area contributed by atoms with E-state index < -0.39 is 0 Å². The second-order valence-electron chi connectivity index (χ2n) is 0.315. The Bertz CT molecular complexity index is 42.9. The largest absolute Gasteiger partial charge is 0.152 e. The Hall–Kier alpha value is 1.02. The van der Waals surface area contributed by atoms with Gasteiger partial charge in [0.2, 0.25) is 0 Å². The average Bonchev–Trinajstić information content (AvgIpc) is 1.38. The van der Waals surface area contributed by atoms with Gasteiger partial charge in [-0.2, -0.15) is 0 Å². The maximum atomic E-state index is 5.02. The first kappa shape index (κ1) is 6.02. The molecule has 0 unspecified atom stereocenters. The first-order valence-corrected chi connectivity index (χ1v) is 3.18. The molecule has 30 valence electrons. The Balaban J connectivity index is 2.85. The maximum Gasteiger partial charge on any atom is 0.152 e. The Kier molecular flexibility index (Phi) is 3.88. The SMILES string of the molecule is S=C(Cl)SCl. The standard InChI is InChI=1S/CCl2S2/c2-1(4)5-3. The lowest BCUT2D eigenvalue weighted by Gasteiger charge is -1.69. The quantitative estimate of drug-likeness (QED) is 0.381. The lowest BCUT2D eigenvalue weighted by Crippen LogP contribution is -1.53. The van der Waals surface area contributed by atoms with Crippen LogP contribution in [0.25, 0.3) is 0 Å². The summed E-state index contributed by atoms with van der Waals surface area (Å²) in [5.41, 5.74) is 0. The van der Waals surface area contributed by atoms with E-state index in [-0.39, 0.29) is 3.66 Å². The normalized spacial score (nSPS) is 7.60. The molecule has 0 amide bonds. The number of rotatable bonds is 0. The molecule has 5 heavy (non-hydrogen) atoms. The molecule has 0 aromatic carbocycles. The van der Waals surface area contributed by atoms with Crippen molar-refractivity contribution in [3.8, 4) is 0 Å². The molecule has 0 aliphatic heterocycles. The van der Waals surface area contributed by atoms with E-state index in [1.54, 1.807) is 0 Å². The third-order valence-corrected chi connectivity index (χ3v) is 1.64. The van der Waals surface area contributed by atoms with Gasteiger partial charge in [-0.25, -0.2) is 0 Å². The smallest absolute Gasteiger partial charge is 0.0626 e. The maximum absolute atomic E-state index is 5.02. The van der Waals surface area contributed by atoms with Crippen LogP contribution in [0.1, 0.15) is 0 Å². The van der Waals surface area contributed by atoms with Crippen LogP contribution in [0.15, 0.2) is 0 Å². The van der Waals surface area contributed by atoms with Crippen LogP contribution in [0.4, 0.5) is 0 Å². The summed E-state index contributed by atoms with van der Waals surface area (Å²) in [6.07, 6.45) is 0. The number of hydrogen-bond acceptors (Lipinski definition) is 2. The molecule has 0 nitrogen and oxygen atoms in total. The summed E-state index contributed by atoms with van der Waals surface area (Å²) in [6.45, 7) is 0. The van der Waals surface area contributed by atoms with Gasteiger partial charge in [-0.3, -0.25) is 0 Å². The van der Waals surface area contributed by atoms with Crippen LogP contribution in [0.5, 0.6) is 0 Å². The van der Waals surface area contributed by atoms with Crippen LogP contribution in [-0.4, -0.2) is 3.66 Å². The topological polar surface area (TPSA) is 0 Å². The first-order valence-electron chi connectivity index (χ1n) is 0.752. The van der Waals surface area contributed by atoms with Gasteiger partial charge >= 0.3 is 0 Å². The van der Waals surface area contributed by atoms with Crippen LogP contribution in [0, 0.1) is 0 Å². The molecule has 0 heterocycles. The predicted molar refractivity (Wildman–Crippen MR) is 31.9 cm³/mol. The highest BCUT2D eigenvalue weighted by Crippen LogP contribution is 2.11.